The fourth-order valence-electron chi connectivity index (χ4n) is 8.75. The number of benzene rings is 2. The van der Waals surface area contributed by atoms with E-state index in [0.717, 1.165) is 36.8 Å². The zero-order valence-corrected chi connectivity index (χ0v) is 28.0. The number of hydrogen-bond donors (Lipinski definition) is 2. The zero-order valence-electron chi connectivity index (χ0n) is 28.0. The van der Waals surface area contributed by atoms with Gasteiger partial charge in [-0.25, -0.2) is 0 Å². The van der Waals surface area contributed by atoms with Crippen molar-refractivity contribution in [3.63, 3.8) is 0 Å². The molecule has 0 spiro atoms. The van der Waals surface area contributed by atoms with Crippen molar-refractivity contribution in [2.75, 3.05) is 0 Å². The first-order valence-corrected chi connectivity index (χ1v) is 17.5. The summed E-state index contributed by atoms with van der Waals surface area (Å²) in [5.74, 6) is 0.249. The predicted octanol–water partition coefficient (Wildman–Crippen LogP) is 5.88. The molecule has 7 rings (SSSR count). The molecule has 4 saturated carbocycles. The van der Waals surface area contributed by atoms with Crippen molar-refractivity contribution >= 4 is 24.7 Å². The Morgan fingerprint density at radius 2 is 1.61 bits per heavy atom. The van der Waals surface area contributed by atoms with Crippen LogP contribution in [0.3, 0.4) is 0 Å². The van der Waals surface area contributed by atoms with Crippen LogP contribution in [0.25, 0.3) is 0 Å². The van der Waals surface area contributed by atoms with Gasteiger partial charge >= 0.3 is 7.12 Å². The molecule has 0 aromatic heterocycles. The third kappa shape index (κ3) is 6.99. The highest BCUT2D eigenvalue weighted by Crippen LogP contribution is 2.65. The summed E-state index contributed by atoms with van der Waals surface area (Å²) in [5.41, 5.74) is 1.99. The maximum atomic E-state index is 14.3. The molecule has 1 aliphatic heterocycles. The minimum Gasteiger partial charge on any atom is -0.404 e. The molecule has 7 atom stereocenters. The molecule has 1 heterocycles. The lowest BCUT2D eigenvalue weighted by atomic mass is 9.43. The number of aryl methyl sites for hydroxylation is 1. The van der Waals surface area contributed by atoms with Gasteiger partial charge in [0.1, 0.15) is 0 Å². The van der Waals surface area contributed by atoms with Crippen molar-refractivity contribution in [2.45, 2.75) is 116 Å². The van der Waals surface area contributed by atoms with E-state index in [1.807, 2.05) is 60.7 Å². The van der Waals surface area contributed by atoms with Crippen LogP contribution in [0, 0.1) is 29.1 Å². The van der Waals surface area contributed by atoms with Gasteiger partial charge in [-0.15, -0.1) is 0 Å². The lowest BCUT2D eigenvalue weighted by Gasteiger charge is -2.64. The lowest BCUT2D eigenvalue weighted by molar-refractivity contribution is -0.199. The van der Waals surface area contributed by atoms with Crippen LogP contribution < -0.4 is 10.6 Å². The van der Waals surface area contributed by atoms with E-state index in [1.54, 1.807) is 0 Å². The van der Waals surface area contributed by atoms with Gasteiger partial charge in [0.15, 0.2) is 5.78 Å². The molecule has 46 heavy (non-hydrogen) atoms. The van der Waals surface area contributed by atoms with Gasteiger partial charge in [-0.2, -0.15) is 0 Å². The summed E-state index contributed by atoms with van der Waals surface area (Å²) < 4.78 is 13.5. The maximum absolute atomic E-state index is 14.3. The smallest absolute Gasteiger partial charge is 0.404 e. The van der Waals surface area contributed by atoms with Crippen LogP contribution in [0.1, 0.15) is 90.2 Å². The molecule has 0 unspecified atom stereocenters. The van der Waals surface area contributed by atoms with Gasteiger partial charge in [0.25, 0.3) is 0 Å². The Balaban J connectivity index is 1.19. The first kappa shape index (κ1) is 33.0. The Morgan fingerprint density at radius 1 is 0.935 bits per heavy atom. The molecule has 2 aromatic carbocycles. The minimum absolute atomic E-state index is 0.0415. The van der Waals surface area contributed by atoms with Gasteiger partial charge in [-0.1, -0.05) is 93.8 Å². The molecule has 7 nitrogen and oxygen atoms in total. The molecular formula is C38H51BN2O5. The highest BCUT2D eigenvalue weighted by molar-refractivity contribution is 6.47. The molecule has 246 valence electrons. The lowest BCUT2D eigenvalue weighted by Crippen LogP contribution is -2.65. The number of rotatable bonds is 14. The van der Waals surface area contributed by atoms with E-state index in [-0.39, 0.29) is 47.1 Å². The van der Waals surface area contributed by atoms with E-state index in [0.29, 0.717) is 37.0 Å². The third-order valence-electron chi connectivity index (χ3n) is 11.9. The molecule has 5 aliphatic rings. The average Bonchev–Trinajstić information content (AvgIpc) is 3.38. The Kier molecular flexibility index (Phi) is 9.77. The molecule has 8 heteroatoms. The van der Waals surface area contributed by atoms with Crippen LogP contribution in [0.5, 0.6) is 0 Å². The second-order valence-corrected chi connectivity index (χ2v) is 15.3. The topological polar surface area (TPSA) is 93.7 Å². The average molecular weight is 627 g/mol. The van der Waals surface area contributed by atoms with Gasteiger partial charge in [-0.05, 0) is 79.7 Å². The summed E-state index contributed by atoms with van der Waals surface area (Å²) in [6.07, 6.45) is 8.18. The van der Waals surface area contributed by atoms with Crippen LogP contribution in [0.4, 0.5) is 0 Å². The molecule has 2 aromatic rings. The van der Waals surface area contributed by atoms with E-state index < -0.39 is 19.1 Å². The minimum atomic E-state index is -0.658. The third-order valence-corrected chi connectivity index (χ3v) is 11.9. The van der Waals surface area contributed by atoms with Crippen molar-refractivity contribution in [1.82, 2.24) is 10.6 Å². The van der Waals surface area contributed by atoms with Crippen molar-refractivity contribution in [2.24, 2.45) is 29.1 Å². The molecule has 2 N–H and O–H groups in total. The number of Topliss-reactive ketones (excluding diaryl/α,β-unsaturated/α-hetero) is 1. The van der Waals surface area contributed by atoms with E-state index in [2.05, 4.69) is 31.4 Å². The van der Waals surface area contributed by atoms with Crippen LogP contribution in [0.2, 0.25) is 0 Å². The number of amides is 2. The van der Waals surface area contributed by atoms with Crippen molar-refractivity contribution in [3.8, 4) is 0 Å². The highest BCUT2D eigenvalue weighted by atomic mass is 16.7. The number of hydrogen-bond acceptors (Lipinski definition) is 5. The standard InChI is InChI=1S/C38H51BN2O5/c1-25(42)40-31(19-18-26-12-7-5-8-13-26)32(43)22-29(20-27-14-9-6-10-15-27)36(44)41-35(21-28-16-11-17-28)39-45-34-24-30-23-33(37(30,2)3)38(34,4)46-39/h5-10,12-15,28-31,33-35H,11,16-24H2,1-4H3,(H,40,42)(H,41,44)/t29-,30+,31+,33+,34-,35+,38+/m1/s1. The monoisotopic (exact) mass is 626 g/mol. The quantitative estimate of drug-likeness (QED) is 0.256. The van der Waals surface area contributed by atoms with Crippen molar-refractivity contribution < 1.29 is 23.7 Å². The van der Waals surface area contributed by atoms with E-state index >= 15 is 0 Å². The highest BCUT2D eigenvalue weighted by Gasteiger charge is 2.68. The summed E-state index contributed by atoms with van der Waals surface area (Å²) in [6.45, 7) is 8.37. The summed E-state index contributed by atoms with van der Waals surface area (Å²) in [6, 6.07) is 19.2. The van der Waals surface area contributed by atoms with Crippen molar-refractivity contribution in [3.05, 3.63) is 71.8 Å². The number of carbonyl (C=O) groups is 3. The summed E-state index contributed by atoms with van der Waals surface area (Å²) >= 11 is 0. The van der Waals surface area contributed by atoms with E-state index in [9.17, 15) is 14.4 Å². The Labute approximate surface area is 275 Å². The second kappa shape index (κ2) is 13.6. The maximum Gasteiger partial charge on any atom is 0.481 e. The molecule has 5 fully saturated rings. The first-order chi connectivity index (χ1) is 22.0. The van der Waals surface area contributed by atoms with E-state index in [4.69, 9.17) is 9.31 Å². The zero-order chi connectivity index (χ0) is 32.5. The second-order valence-electron chi connectivity index (χ2n) is 15.3. The first-order valence-electron chi connectivity index (χ1n) is 17.5. The van der Waals surface area contributed by atoms with Gasteiger partial charge in [0.05, 0.1) is 23.7 Å². The largest absolute Gasteiger partial charge is 0.481 e. The fourth-order valence-corrected chi connectivity index (χ4v) is 8.75. The molecule has 1 saturated heterocycles. The molecule has 2 bridgehead atoms. The Hall–Kier alpha value is -2.97. The Bertz CT molecular complexity index is 1380. The van der Waals surface area contributed by atoms with Gasteiger partial charge < -0.3 is 19.9 Å². The summed E-state index contributed by atoms with van der Waals surface area (Å²) in [4.78, 5) is 40.3. The van der Waals surface area contributed by atoms with Gasteiger partial charge in [0.2, 0.25) is 11.8 Å². The summed E-state index contributed by atoms with van der Waals surface area (Å²) in [5, 5.41) is 6.24. The van der Waals surface area contributed by atoms with Gasteiger partial charge in [-0.3, -0.25) is 14.4 Å². The SMILES string of the molecule is CC(=O)N[C@@H](CCc1ccccc1)C(=O)C[C@@H](Cc1ccccc1)C(=O)N[C@@H](CC1CCC1)B1O[C@@H]2C[C@@H]3C[C@@H](C3(C)C)[C@]2(C)O1. The van der Waals surface area contributed by atoms with Crippen LogP contribution >= 0.6 is 0 Å². The Morgan fingerprint density at radius 3 is 2.22 bits per heavy atom. The van der Waals surface area contributed by atoms with Crippen LogP contribution in [0.15, 0.2) is 60.7 Å². The number of nitrogens with one attached hydrogen (secondary N) is 2. The molecule has 4 aliphatic carbocycles. The number of carbonyl (C=O) groups excluding carboxylic acids is 3. The van der Waals surface area contributed by atoms with Gasteiger partial charge in [0, 0.05) is 19.3 Å². The molecule has 0 radical (unpaired) electrons. The summed E-state index contributed by atoms with van der Waals surface area (Å²) in [7, 11) is -0.499. The number of ketones is 1. The fraction of sp³-hybridized carbons (Fsp3) is 0.605. The molecular weight excluding hydrogens is 575 g/mol. The van der Waals surface area contributed by atoms with E-state index in [1.165, 1.54) is 19.8 Å². The van der Waals surface area contributed by atoms with Crippen LogP contribution in [-0.4, -0.2) is 48.4 Å². The van der Waals surface area contributed by atoms with Crippen molar-refractivity contribution in [1.29, 1.82) is 0 Å². The van der Waals surface area contributed by atoms with Crippen LogP contribution in [-0.2, 0) is 36.5 Å². The molecule has 2 amide bonds. The predicted molar refractivity (Wildman–Crippen MR) is 180 cm³/mol. The normalized spacial score (nSPS) is 28.2.